The predicted molar refractivity (Wildman–Crippen MR) is 82.3 cm³/mol. The van der Waals surface area contributed by atoms with Gasteiger partial charge in [0.15, 0.2) is 5.03 Å². The largest absolute Gasteiger partial charge is 0.313 e. The molecule has 0 saturated heterocycles. The second-order valence-corrected chi connectivity index (χ2v) is 7.40. The van der Waals surface area contributed by atoms with E-state index in [2.05, 4.69) is 20.2 Å². The SMILES string of the molecule is CCNCc1cn[nH]c1S(=O)(=O)NCCCC1CCCC1. The number of hydrogen-bond acceptors (Lipinski definition) is 4. The molecule has 1 aliphatic rings. The zero-order valence-corrected chi connectivity index (χ0v) is 13.5. The Hall–Kier alpha value is -0.920. The molecule has 0 bridgehead atoms. The van der Waals surface area contributed by atoms with Crippen LogP contribution in [0.15, 0.2) is 11.2 Å². The molecule has 1 fully saturated rings. The highest BCUT2D eigenvalue weighted by Crippen LogP contribution is 2.28. The highest BCUT2D eigenvalue weighted by atomic mass is 32.2. The maximum absolute atomic E-state index is 12.3. The highest BCUT2D eigenvalue weighted by Gasteiger charge is 2.20. The Kier molecular flexibility index (Phi) is 6.20. The molecule has 0 spiro atoms. The molecule has 1 saturated carbocycles. The molecule has 0 aliphatic heterocycles. The molecule has 1 aromatic rings. The molecular formula is C14H26N4O2S. The van der Waals surface area contributed by atoms with Crippen LogP contribution in [-0.2, 0) is 16.6 Å². The summed E-state index contributed by atoms with van der Waals surface area (Å²) in [7, 11) is -3.48. The minimum Gasteiger partial charge on any atom is -0.313 e. The summed E-state index contributed by atoms with van der Waals surface area (Å²) in [6.07, 6.45) is 8.86. The smallest absolute Gasteiger partial charge is 0.257 e. The molecule has 0 aromatic carbocycles. The van der Waals surface area contributed by atoms with E-state index in [1.807, 2.05) is 6.92 Å². The Morgan fingerprint density at radius 3 is 2.86 bits per heavy atom. The number of nitrogens with one attached hydrogen (secondary N) is 3. The second kappa shape index (κ2) is 7.91. The van der Waals surface area contributed by atoms with Crippen LogP contribution >= 0.6 is 0 Å². The van der Waals surface area contributed by atoms with Crippen molar-refractivity contribution in [3.8, 4) is 0 Å². The van der Waals surface area contributed by atoms with Crippen LogP contribution in [-0.4, -0.2) is 31.7 Å². The Morgan fingerprint density at radius 1 is 1.38 bits per heavy atom. The van der Waals surface area contributed by atoms with Crippen molar-refractivity contribution in [2.45, 2.75) is 57.0 Å². The molecule has 120 valence electrons. The van der Waals surface area contributed by atoms with Gasteiger partial charge in [0.2, 0.25) is 0 Å². The second-order valence-electron chi connectivity index (χ2n) is 5.70. The van der Waals surface area contributed by atoms with E-state index in [1.165, 1.54) is 25.7 Å². The first kappa shape index (κ1) is 16.5. The molecule has 0 unspecified atom stereocenters. The van der Waals surface area contributed by atoms with E-state index in [4.69, 9.17) is 0 Å². The van der Waals surface area contributed by atoms with Crippen LogP contribution in [0.25, 0.3) is 0 Å². The minimum absolute atomic E-state index is 0.185. The molecule has 1 aliphatic carbocycles. The summed E-state index contributed by atoms with van der Waals surface area (Å²) in [6.45, 7) is 3.78. The predicted octanol–water partition coefficient (Wildman–Crippen LogP) is 1.77. The summed E-state index contributed by atoms with van der Waals surface area (Å²) >= 11 is 0. The molecule has 0 amide bonds. The lowest BCUT2D eigenvalue weighted by Crippen LogP contribution is -2.27. The Labute approximate surface area is 127 Å². The molecule has 6 nitrogen and oxygen atoms in total. The standard InChI is InChI=1S/C14H26N4O2S/c1-2-15-10-13-11-16-18-14(13)21(19,20)17-9-5-8-12-6-3-4-7-12/h11-12,15,17H,2-10H2,1H3,(H,16,18). The van der Waals surface area contributed by atoms with E-state index >= 15 is 0 Å². The number of rotatable bonds is 9. The first-order valence-electron chi connectivity index (χ1n) is 7.86. The van der Waals surface area contributed by atoms with Crippen molar-refractivity contribution >= 4 is 10.0 Å². The molecule has 2 rings (SSSR count). The zero-order valence-electron chi connectivity index (χ0n) is 12.7. The van der Waals surface area contributed by atoms with E-state index in [-0.39, 0.29) is 5.03 Å². The van der Waals surface area contributed by atoms with Crippen LogP contribution in [0.2, 0.25) is 0 Å². The third-order valence-corrected chi connectivity index (χ3v) is 5.54. The molecule has 21 heavy (non-hydrogen) atoms. The van der Waals surface area contributed by atoms with Crippen molar-refractivity contribution in [1.82, 2.24) is 20.2 Å². The van der Waals surface area contributed by atoms with Crippen molar-refractivity contribution in [3.63, 3.8) is 0 Å². The van der Waals surface area contributed by atoms with Gasteiger partial charge in [0, 0.05) is 18.7 Å². The number of sulfonamides is 1. The fourth-order valence-corrected chi connectivity index (χ4v) is 4.09. The van der Waals surface area contributed by atoms with E-state index in [0.717, 1.165) is 25.3 Å². The molecule has 1 aromatic heterocycles. The van der Waals surface area contributed by atoms with E-state index < -0.39 is 10.0 Å². The number of aromatic amines is 1. The van der Waals surface area contributed by atoms with Crippen molar-refractivity contribution in [3.05, 3.63) is 11.8 Å². The van der Waals surface area contributed by atoms with Gasteiger partial charge in [-0.3, -0.25) is 5.10 Å². The lowest BCUT2D eigenvalue weighted by atomic mass is 10.0. The van der Waals surface area contributed by atoms with Gasteiger partial charge in [-0.25, -0.2) is 13.1 Å². The maximum Gasteiger partial charge on any atom is 0.257 e. The maximum atomic E-state index is 12.3. The van der Waals surface area contributed by atoms with Crippen molar-refractivity contribution in [2.75, 3.05) is 13.1 Å². The lowest BCUT2D eigenvalue weighted by molar-refractivity contribution is 0.480. The quantitative estimate of drug-likeness (QED) is 0.606. The monoisotopic (exact) mass is 314 g/mol. The summed E-state index contributed by atoms with van der Waals surface area (Å²) in [5.41, 5.74) is 0.681. The normalized spacial score (nSPS) is 16.6. The number of H-pyrrole nitrogens is 1. The average Bonchev–Trinajstić information content (AvgIpc) is 3.12. The molecule has 1 heterocycles. The van der Waals surface area contributed by atoms with Crippen LogP contribution in [0.3, 0.4) is 0 Å². The van der Waals surface area contributed by atoms with Gasteiger partial charge in [-0.1, -0.05) is 32.6 Å². The number of nitrogens with zero attached hydrogens (tertiary/aromatic N) is 1. The summed E-state index contributed by atoms with van der Waals surface area (Å²) < 4.78 is 27.2. The lowest BCUT2D eigenvalue weighted by Gasteiger charge is -2.10. The third-order valence-electron chi connectivity index (χ3n) is 4.07. The number of aromatic nitrogens is 2. The fourth-order valence-electron chi connectivity index (χ4n) is 2.89. The van der Waals surface area contributed by atoms with Gasteiger partial charge in [-0.05, 0) is 25.3 Å². The summed E-state index contributed by atoms with van der Waals surface area (Å²) in [4.78, 5) is 0. The topological polar surface area (TPSA) is 86.9 Å². The zero-order chi connectivity index (χ0) is 15.1. The molecule has 0 radical (unpaired) electrons. The van der Waals surface area contributed by atoms with Crippen molar-refractivity contribution in [1.29, 1.82) is 0 Å². The number of hydrogen-bond donors (Lipinski definition) is 3. The van der Waals surface area contributed by atoms with Gasteiger partial charge < -0.3 is 5.32 Å². The van der Waals surface area contributed by atoms with E-state index in [1.54, 1.807) is 6.20 Å². The van der Waals surface area contributed by atoms with Gasteiger partial charge in [-0.2, -0.15) is 5.10 Å². The first-order chi connectivity index (χ1) is 10.1. The van der Waals surface area contributed by atoms with E-state index in [9.17, 15) is 8.42 Å². The van der Waals surface area contributed by atoms with Crippen molar-refractivity contribution in [2.24, 2.45) is 5.92 Å². The van der Waals surface area contributed by atoms with Crippen LogP contribution in [0.4, 0.5) is 0 Å². The fraction of sp³-hybridized carbons (Fsp3) is 0.786. The summed E-state index contributed by atoms with van der Waals surface area (Å²) in [6, 6.07) is 0. The van der Waals surface area contributed by atoms with Crippen LogP contribution in [0.1, 0.15) is 51.0 Å². The minimum atomic E-state index is -3.48. The van der Waals surface area contributed by atoms with Gasteiger partial charge in [0.25, 0.3) is 10.0 Å². The van der Waals surface area contributed by atoms with E-state index in [0.29, 0.717) is 18.7 Å². The Morgan fingerprint density at radius 2 is 2.14 bits per heavy atom. The average molecular weight is 314 g/mol. The van der Waals surface area contributed by atoms with Crippen molar-refractivity contribution < 1.29 is 8.42 Å². The summed E-state index contributed by atoms with van der Waals surface area (Å²) in [5.74, 6) is 0.797. The molecule has 3 N–H and O–H groups in total. The molecule has 7 heteroatoms. The molecule has 0 atom stereocenters. The van der Waals surface area contributed by atoms with Gasteiger partial charge in [0.1, 0.15) is 0 Å². The Bertz CT molecular complexity index is 521. The van der Waals surface area contributed by atoms with Crippen LogP contribution in [0.5, 0.6) is 0 Å². The van der Waals surface area contributed by atoms with Gasteiger partial charge >= 0.3 is 0 Å². The van der Waals surface area contributed by atoms with Gasteiger partial charge in [-0.15, -0.1) is 0 Å². The third kappa shape index (κ3) is 4.79. The summed E-state index contributed by atoms with van der Waals surface area (Å²) in [5, 5.41) is 9.74. The highest BCUT2D eigenvalue weighted by molar-refractivity contribution is 7.89. The van der Waals surface area contributed by atoms with Crippen LogP contribution < -0.4 is 10.0 Å². The van der Waals surface area contributed by atoms with Crippen LogP contribution in [0, 0.1) is 5.92 Å². The first-order valence-corrected chi connectivity index (χ1v) is 9.34. The Balaban J connectivity index is 1.81. The van der Waals surface area contributed by atoms with Gasteiger partial charge in [0.05, 0.1) is 6.20 Å². The molecular weight excluding hydrogens is 288 g/mol.